The molecule has 0 spiro atoms. The Morgan fingerprint density at radius 1 is 1.25 bits per heavy atom. The number of phenolic OH excluding ortho intramolecular Hbond substituents is 1. The monoisotopic (exact) mass is 276 g/mol. The third-order valence-corrected chi connectivity index (χ3v) is 4.13. The molecule has 0 heterocycles. The quantitative estimate of drug-likeness (QED) is 0.622. The number of hydrogen-bond acceptors (Lipinski definition) is 3. The Kier molecular flexibility index (Phi) is 5.45. The van der Waals surface area contributed by atoms with Crippen molar-refractivity contribution in [3.63, 3.8) is 0 Å². The molecular weight excluding hydrogens is 252 g/mol. The highest BCUT2D eigenvalue weighted by molar-refractivity contribution is 5.89. The highest BCUT2D eigenvalue weighted by Gasteiger charge is 2.30. The normalized spacial score (nSPS) is 21.9. The number of rotatable bonds is 6. The average Bonchev–Trinajstić information content (AvgIpc) is 2.87. The summed E-state index contributed by atoms with van der Waals surface area (Å²) in [6.07, 6.45) is 8.28. The lowest BCUT2D eigenvalue weighted by atomic mass is 9.98. The number of esters is 1. The summed E-state index contributed by atoms with van der Waals surface area (Å²) in [7, 11) is 0. The molecule has 1 aliphatic carbocycles. The van der Waals surface area contributed by atoms with Gasteiger partial charge in [-0.1, -0.05) is 26.2 Å². The first kappa shape index (κ1) is 14.9. The zero-order valence-corrected chi connectivity index (χ0v) is 12.2. The molecule has 0 aliphatic heterocycles. The van der Waals surface area contributed by atoms with E-state index in [0.717, 1.165) is 12.8 Å². The summed E-state index contributed by atoms with van der Waals surface area (Å²) in [5, 5.41) is 9.23. The van der Waals surface area contributed by atoms with Gasteiger partial charge in [0.2, 0.25) is 0 Å². The number of carbonyl (C=O) groups excluding carboxylic acids is 1. The number of aromatic hydroxyl groups is 1. The van der Waals surface area contributed by atoms with Crippen molar-refractivity contribution in [1.29, 1.82) is 0 Å². The smallest absolute Gasteiger partial charge is 0.338 e. The van der Waals surface area contributed by atoms with Gasteiger partial charge in [-0.2, -0.15) is 0 Å². The summed E-state index contributed by atoms with van der Waals surface area (Å²) in [6.45, 7) is 2.21. The van der Waals surface area contributed by atoms with E-state index < -0.39 is 0 Å². The Morgan fingerprint density at radius 2 is 2.00 bits per heavy atom. The molecule has 0 aromatic heterocycles. The fraction of sp³-hybridized carbons (Fsp3) is 0.588. The van der Waals surface area contributed by atoms with Crippen LogP contribution in [-0.2, 0) is 4.74 Å². The lowest BCUT2D eigenvalue weighted by Crippen LogP contribution is -2.22. The molecule has 110 valence electrons. The second kappa shape index (κ2) is 7.32. The first-order chi connectivity index (χ1) is 9.70. The van der Waals surface area contributed by atoms with Gasteiger partial charge in [-0.05, 0) is 55.9 Å². The van der Waals surface area contributed by atoms with Crippen molar-refractivity contribution < 1.29 is 14.6 Å². The Morgan fingerprint density at radius 3 is 2.70 bits per heavy atom. The van der Waals surface area contributed by atoms with Crippen LogP contribution in [0.2, 0.25) is 0 Å². The molecule has 0 amide bonds. The topological polar surface area (TPSA) is 46.5 Å². The number of benzene rings is 1. The van der Waals surface area contributed by atoms with E-state index in [4.69, 9.17) is 4.74 Å². The van der Waals surface area contributed by atoms with Gasteiger partial charge in [-0.3, -0.25) is 0 Å². The van der Waals surface area contributed by atoms with Crippen LogP contribution in [0.25, 0.3) is 0 Å². The summed E-state index contributed by atoms with van der Waals surface area (Å²) in [6, 6.07) is 6.26. The SMILES string of the molecule is CCCCC[C@H]1CCC[C@@H]1OC(=O)c1ccc(O)cc1. The molecule has 1 saturated carbocycles. The fourth-order valence-electron chi connectivity index (χ4n) is 2.95. The van der Waals surface area contributed by atoms with E-state index in [1.165, 1.54) is 44.2 Å². The van der Waals surface area contributed by atoms with Crippen molar-refractivity contribution in [3.05, 3.63) is 29.8 Å². The molecule has 1 aliphatic rings. The molecule has 1 N–H and O–H groups in total. The maximum atomic E-state index is 12.1. The molecule has 0 radical (unpaired) electrons. The molecule has 2 rings (SSSR count). The van der Waals surface area contributed by atoms with Crippen LogP contribution in [0.5, 0.6) is 5.75 Å². The van der Waals surface area contributed by atoms with Gasteiger partial charge in [0.25, 0.3) is 0 Å². The number of carbonyl (C=O) groups is 1. The highest BCUT2D eigenvalue weighted by Crippen LogP contribution is 2.33. The van der Waals surface area contributed by atoms with E-state index >= 15 is 0 Å². The Hall–Kier alpha value is -1.51. The van der Waals surface area contributed by atoms with E-state index in [9.17, 15) is 9.90 Å². The number of hydrogen-bond donors (Lipinski definition) is 1. The molecule has 3 nitrogen and oxygen atoms in total. The fourth-order valence-corrected chi connectivity index (χ4v) is 2.95. The third-order valence-electron chi connectivity index (χ3n) is 4.13. The van der Waals surface area contributed by atoms with Crippen LogP contribution in [0.15, 0.2) is 24.3 Å². The van der Waals surface area contributed by atoms with Gasteiger partial charge in [0.15, 0.2) is 0 Å². The zero-order chi connectivity index (χ0) is 14.4. The zero-order valence-electron chi connectivity index (χ0n) is 12.2. The van der Waals surface area contributed by atoms with Crippen molar-refractivity contribution in [2.45, 2.75) is 58.0 Å². The number of ether oxygens (including phenoxy) is 1. The first-order valence-corrected chi connectivity index (χ1v) is 7.70. The van der Waals surface area contributed by atoms with E-state index in [1.807, 2.05) is 0 Å². The first-order valence-electron chi connectivity index (χ1n) is 7.70. The van der Waals surface area contributed by atoms with Crippen LogP contribution < -0.4 is 0 Å². The largest absolute Gasteiger partial charge is 0.508 e. The van der Waals surface area contributed by atoms with Gasteiger partial charge >= 0.3 is 5.97 Å². The summed E-state index contributed by atoms with van der Waals surface area (Å²) in [5.74, 6) is 0.430. The number of unbranched alkanes of at least 4 members (excludes halogenated alkanes) is 2. The lowest BCUT2D eigenvalue weighted by molar-refractivity contribution is 0.0195. The van der Waals surface area contributed by atoms with E-state index in [2.05, 4.69) is 6.92 Å². The van der Waals surface area contributed by atoms with Crippen molar-refractivity contribution >= 4 is 5.97 Å². The van der Waals surface area contributed by atoms with Crippen LogP contribution in [-0.4, -0.2) is 17.2 Å². The van der Waals surface area contributed by atoms with Gasteiger partial charge in [0, 0.05) is 0 Å². The summed E-state index contributed by atoms with van der Waals surface area (Å²) >= 11 is 0. The highest BCUT2D eigenvalue weighted by atomic mass is 16.5. The predicted octanol–water partition coefficient (Wildman–Crippen LogP) is 4.30. The van der Waals surface area contributed by atoms with Crippen LogP contribution >= 0.6 is 0 Å². The van der Waals surface area contributed by atoms with E-state index in [-0.39, 0.29) is 17.8 Å². The summed E-state index contributed by atoms with van der Waals surface area (Å²) < 4.78 is 5.66. The Labute approximate surface area is 121 Å². The Balaban J connectivity index is 1.87. The van der Waals surface area contributed by atoms with Crippen molar-refractivity contribution in [2.24, 2.45) is 5.92 Å². The molecule has 0 unspecified atom stereocenters. The minimum atomic E-state index is -0.266. The minimum absolute atomic E-state index is 0.0770. The standard InChI is InChI=1S/C17H24O3/c1-2-3-4-6-13-7-5-8-16(13)20-17(19)14-9-11-15(18)12-10-14/h9-13,16,18H,2-8H2,1H3/t13-,16-/m0/s1. The Bertz CT molecular complexity index is 424. The van der Waals surface area contributed by atoms with Crippen molar-refractivity contribution in [2.75, 3.05) is 0 Å². The van der Waals surface area contributed by atoms with Crippen molar-refractivity contribution in [3.8, 4) is 5.75 Å². The molecule has 1 aromatic carbocycles. The molecule has 1 aromatic rings. The van der Waals surface area contributed by atoms with E-state index in [1.54, 1.807) is 12.1 Å². The molecule has 1 fully saturated rings. The molecule has 0 bridgehead atoms. The second-order valence-corrected chi connectivity index (χ2v) is 5.68. The molecule has 2 atom stereocenters. The van der Waals surface area contributed by atoms with E-state index in [0.29, 0.717) is 11.5 Å². The van der Waals surface area contributed by atoms with Crippen LogP contribution in [0.4, 0.5) is 0 Å². The minimum Gasteiger partial charge on any atom is -0.508 e. The van der Waals surface area contributed by atoms with Crippen molar-refractivity contribution in [1.82, 2.24) is 0 Å². The molecular formula is C17H24O3. The van der Waals surface area contributed by atoms with Gasteiger partial charge in [0.1, 0.15) is 11.9 Å². The summed E-state index contributed by atoms with van der Waals surface area (Å²) in [4.78, 5) is 12.1. The lowest BCUT2D eigenvalue weighted by Gasteiger charge is -2.20. The van der Waals surface area contributed by atoms with Gasteiger partial charge in [-0.25, -0.2) is 4.79 Å². The molecule has 3 heteroatoms. The second-order valence-electron chi connectivity index (χ2n) is 5.68. The maximum Gasteiger partial charge on any atom is 0.338 e. The molecule has 20 heavy (non-hydrogen) atoms. The van der Waals surface area contributed by atoms with Gasteiger partial charge in [-0.15, -0.1) is 0 Å². The van der Waals surface area contributed by atoms with Gasteiger partial charge < -0.3 is 9.84 Å². The van der Waals surface area contributed by atoms with Crippen LogP contribution in [0.1, 0.15) is 62.2 Å². The number of phenols is 1. The average molecular weight is 276 g/mol. The van der Waals surface area contributed by atoms with Crippen LogP contribution in [0.3, 0.4) is 0 Å². The van der Waals surface area contributed by atoms with Gasteiger partial charge in [0.05, 0.1) is 5.56 Å². The van der Waals surface area contributed by atoms with Crippen LogP contribution in [0, 0.1) is 5.92 Å². The predicted molar refractivity (Wildman–Crippen MR) is 78.8 cm³/mol. The maximum absolute atomic E-state index is 12.1. The molecule has 0 saturated heterocycles. The summed E-state index contributed by atoms with van der Waals surface area (Å²) in [5.41, 5.74) is 0.516. The third kappa shape index (κ3) is 3.99.